The van der Waals surface area contributed by atoms with Gasteiger partial charge in [-0.1, -0.05) is 41.1 Å². The quantitative estimate of drug-likeness (QED) is 0.413. The van der Waals surface area contributed by atoms with Gasteiger partial charge in [-0.3, -0.25) is 9.69 Å². The summed E-state index contributed by atoms with van der Waals surface area (Å²) in [5.41, 5.74) is 3.82. The first-order valence-electron chi connectivity index (χ1n) is 10.6. The Hall–Kier alpha value is -3.98. The second-order valence-electron chi connectivity index (χ2n) is 7.91. The number of carbonyl (C=O) groups excluding carboxylic acids is 2. The smallest absolute Gasteiger partial charge is 0.338 e. The minimum Gasteiger partial charge on any atom is -0.465 e. The van der Waals surface area contributed by atoms with E-state index in [1.54, 1.807) is 42.2 Å². The minimum atomic E-state index is -0.697. The number of benzene rings is 2. The number of carbonyl (C=O) groups is 2. The van der Waals surface area contributed by atoms with Crippen molar-refractivity contribution in [2.24, 2.45) is 0 Å². The summed E-state index contributed by atoms with van der Waals surface area (Å²) in [6.07, 6.45) is 0. The van der Waals surface area contributed by atoms with E-state index in [1.165, 1.54) is 7.11 Å². The normalized spacial score (nSPS) is 15.7. The number of hydrogen-bond acceptors (Lipinski definition) is 6. The third kappa shape index (κ3) is 4.42. The molecule has 0 saturated heterocycles. The number of nitrogens with one attached hydrogen (secondary N) is 2. The van der Waals surface area contributed by atoms with Crippen LogP contribution < -0.4 is 15.5 Å². The second kappa shape index (κ2) is 9.48. The Morgan fingerprint density at radius 1 is 1.12 bits per heavy atom. The molecule has 2 N–H and O–H groups in total. The zero-order valence-electron chi connectivity index (χ0n) is 19.2. The third-order valence-electron chi connectivity index (χ3n) is 5.57. The molecule has 1 atom stereocenters. The van der Waals surface area contributed by atoms with Gasteiger partial charge >= 0.3 is 5.97 Å². The molecule has 1 unspecified atom stereocenters. The Morgan fingerprint density at radius 3 is 2.47 bits per heavy atom. The molecule has 2 heterocycles. The number of esters is 1. The second-order valence-corrected chi connectivity index (χ2v) is 8.30. The van der Waals surface area contributed by atoms with Gasteiger partial charge in [0, 0.05) is 17.5 Å². The van der Waals surface area contributed by atoms with E-state index in [0.717, 1.165) is 11.3 Å². The van der Waals surface area contributed by atoms with E-state index in [2.05, 4.69) is 15.8 Å². The van der Waals surface area contributed by atoms with Crippen LogP contribution in [0.4, 0.5) is 11.5 Å². The average molecular weight is 477 g/mol. The van der Waals surface area contributed by atoms with Gasteiger partial charge in [0.05, 0.1) is 24.3 Å². The van der Waals surface area contributed by atoms with Crippen LogP contribution in [0, 0.1) is 13.8 Å². The summed E-state index contributed by atoms with van der Waals surface area (Å²) in [6.45, 7) is 5.56. The molecule has 1 aliphatic rings. The molecule has 4 rings (SSSR count). The first-order chi connectivity index (χ1) is 16.3. The zero-order chi connectivity index (χ0) is 24.4. The van der Waals surface area contributed by atoms with Gasteiger partial charge in [-0.25, -0.2) is 4.79 Å². The summed E-state index contributed by atoms with van der Waals surface area (Å²) in [4.78, 5) is 27.9. The van der Waals surface area contributed by atoms with Crippen LogP contribution >= 0.6 is 12.2 Å². The summed E-state index contributed by atoms with van der Waals surface area (Å²) >= 11 is 5.71. The first kappa shape index (κ1) is 23.2. The fourth-order valence-electron chi connectivity index (χ4n) is 3.93. The Labute approximate surface area is 202 Å². The molecule has 174 valence electrons. The summed E-state index contributed by atoms with van der Waals surface area (Å²) in [7, 11) is 1.32. The number of methoxy groups -OCH3 is 1. The van der Waals surface area contributed by atoms with Gasteiger partial charge in [-0.2, -0.15) is 0 Å². The van der Waals surface area contributed by atoms with E-state index in [0.29, 0.717) is 33.3 Å². The lowest BCUT2D eigenvalue weighted by atomic mass is 9.90. The van der Waals surface area contributed by atoms with Crippen LogP contribution in [0.3, 0.4) is 0 Å². The van der Waals surface area contributed by atoms with Crippen molar-refractivity contribution in [2.75, 3.05) is 17.3 Å². The number of aryl methyl sites for hydroxylation is 2. The van der Waals surface area contributed by atoms with Crippen molar-refractivity contribution in [3.05, 3.63) is 88.3 Å². The van der Waals surface area contributed by atoms with E-state index in [4.69, 9.17) is 21.5 Å². The number of aromatic nitrogens is 1. The Bertz CT molecular complexity index is 1300. The Balaban J connectivity index is 1.86. The SMILES string of the molecule is COC(=O)c1ccccc1C1NC(=S)N(c2ccc(C)cc2)C(C)=C1C(=O)Nc1cc(C)on1. The molecule has 0 spiro atoms. The predicted octanol–water partition coefficient (Wildman–Crippen LogP) is 4.43. The molecule has 8 nitrogen and oxygen atoms in total. The van der Waals surface area contributed by atoms with Crippen LogP contribution in [-0.2, 0) is 9.53 Å². The topological polar surface area (TPSA) is 96.7 Å². The van der Waals surface area contributed by atoms with Crippen molar-refractivity contribution in [2.45, 2.75) is 26.8 Å². The standard InChI is InChI=1S/C25H24N4O4S/c1-14-9-11-17(12-10-14)29-16(3)21(23(30)26-20-13-15(2)33-28-20)22(27-25(29)34)18-7-5-6-8-19(18)24(31)32-4/h5-13,22H,1-4H3,(H,27,34)(H,26,28,30). The highest BCUT2D eigenvalue weighted by atomic mass is 32.1. The van der Waals surface area contributed by atoms with Gasteiger partial charge in [-0.05, 0) is 56.8 Å². The molecule has 9 heteroatoms. The molecule has 3 aromatic rings. The molecule has 0 fully saturated rings. The number of amides is 1. The van der Waals surface area contributed by atoms with Crippen LogP contribution in [0.5, 0.6) is 0 Å². The van der Waals surface area contributed by atoms with Gasteiger partial charge in [0.1, 0.15) is 5.76 Å². The lowest BCUT2D eigenvalue weighted by Gasteiger charge is -2.38. The monoisotopic (exact) mass is 476 g/mol. The largest absolute Gasteiger partial charge is 0.465 e. The molecule has 34 heavy (non-hydrogen) atoms. The van der Waals surface area contributed by atoms with Gasteiger partial charge in [-0.15, -0.1) is 0 Å². The summed E-state index contributed by atoms with van der Waals surface area (Å²) in [6, 6.07) is 15.7. The van der Waals surface area contributed by atoms with Gasteiger partial charge in [0.15, 0.2) is 10.9 Å². The van der Waals surface area contributed by atoms with Crippen molar-refractivity contribution in [1.82, 2.24) is 10.5 Å². The van der Waals surface area contributed by atoms with Crippen LogP contribution in [0.2, 0.25) is 0 Å². The van der Waals surface area contributed by atoms with E-state index in [9.17, 15) is 9.59 Å². The number of allylic oxidation sites excluding steroid dienone is 1. The number of nitrogens with zero attached hydrogens (tertiary/aromatic N) is 2. The van der Waals surface area contributed by atoms with Gasteiger partial charge < -0.3 is 19.9 Å². The minimum absolute atomic E-state index is 0.290. The van der Waals surface area contributed by atoms with E-state index < -0.39 is 17.9 Å². The molecule has 0 aliphatic carbocycles. The average Bonchev–Trinajstić information content (AvgIpc) is 3.23. The third-order valence-corrected chi connectivity index (χ3v) is 5.87. The maximum absolute atomic E-state index is 13.6. The van der Waals surface area contributed by atoms with E-state index in [1.807, 2.05) is 38.1 Å². The van der Waals surface area contributed by atoms with Crippen molar-refractivity contribution in [1.29, 1.82) is 0 Å². The lowest BCUT2D eigenvalue weighted by Crippen LogP contribution is -2.49. The Kier molecular flexibility index (Phi) is 6.47. The van der Waals surface area contributed by atoms with Crippen molar-refractivity contribution >= 4 is 40.7 Å². The van der Waals surface area contributed by atoms with Crippen LogP contribution in [0.15, 0.2) is 70.4 Å². The van der Waals surface area contributed by atoms with E-state index >= 15 is 0 Å². The molecular formula is C25H24N4O4S. The maximum Gasteiger partial charge on any atom is 0.338 e. The fraction of sp³-hybridized carbons (Fsp3) is 0.200. The van der Waals surface area contributed by atoms with Crippen LogP contribution in [0.1, 0.15) is 40.2 Å². The molecule has 0 saturated carbocycles. The molecular weight excluding hydrogens is 452 g/mol. The van der Waals surface area contributed by atoms with Crippen molar-refractivity contribution < 1.29 is 18.8 Å². The number of thiocarbonyl (C=S) groups is 1. The van der Waals surface area contributed by atoms with Crippen LogP contribution in [-0.4, -0.2) is 29.3 Å². The predicted molar refractivity (Wildman–Crippen MR) is 132 cm³/mol. The zero-order valence-corrected chi connectivity index (χ0v) is 20.0. The number of ether oxygens (including phenoxy) is 1. The van der Waals surface area contributed by atoms with Crippen molar-refractivity contribution in [3.63, 3.8) is 0 Å². The molecule has 1 amide bonds. The summed E-state index contributed by atoms with van der Waals surface area (Å²) in [5.74, 6) is -0.0490. The highest BCUT2D eigenvalue weighted by Gasteiger charge is 2.36. The number of hydrogen-bond donors (Lipinski definition) is 2. The summed E-state index contributed by atoms with van der Waals surface area (Å²) < 4.78 is 10.1. The number of rotatable bonds is 5. The van der Waals surface area contributed by atoms with Crippen LogP contribution in [0.25, 0.3) is 0 Å². The Morgan fingerprint density at radius 2 is 1.82 bits per heavy atom. The fourth-order valence-corrected chi connectivity index (χ4v) is 4.29. The molecule has 2 aromatic carbocycles. The number of anilines is 2. The van der Waals surface area contributed by atoms with E-state index in [-0.39, 0.29) is 5.82 Å². The highest BCUT2D eigenvalue weighted by molar-refractivity contribution is 7.80. The molecule has 1 aromatic heterocycles. The van der Waals surface area contributed by atoms with Gasteiger partial charge in [0.2, 0.25) is 0 Å². The highest BCUT2D eigenvalue weighted by Crippen LogP contribution is 2.35. The first-order valence-corrected chi connectivity index (χ1v) is 11.0. The molecule has 1 aliphatic heterocycles. The van der Waals surface area contributed by atoms with Gasteiger partial charge in [0.25, 0.3) is 5.91 Å². The van der Waals surface area contributed by atoms with Crippen molar-refractivity contribution in [3.8, 4) is 0 Å². The lowest BCUT2D eigenvalue weighted by molar-refractivity contribution is -0.113. The summed E-state index contributed by atoms with van der Waals surface area (Å²) in [5, 5.41) is 10.3. The molecule has 0 radical (unpaired) electrons. The molecule has 0 bridgehead atoms. The maximum atomic E-state index is 13.6.